The van der Waals surface area contributed by atoms with Crippen LogP contribution < -0.4 is 0 Å². The third-order valence-electron chi connectivity index (χ3n) is 3.15. The first-order chi connectivity index (χ1) is 9.65. The number of fused-ring (bicyclic) bond motifs is 1. The highest BCUT2D eigenvalue weighted by Gasteiger charge is 2.17. The molecule has 5 nitrogen and oxygen atoms in total. The van der Waals surface area contributed by atoms with Gasteiger partial charge in [0, 0.05) is 18.0 Å². The fourth-order valence-corrected chi connectivity index (χ4v) is 2.24. The molecule has 0 aliphatic carbocycles. The third-order valence-corrected chi connectivity index (χ3v) is 3.15. The number of ketones is 1. The summed E-state index contributed by atoms with van der Waals surface area (Å²) in [5.41, 5.74) is 1.57. The lowest BCUT2D eigenvalue weighted by Crippen LogP contribution is -2.04. The standard InChI is InChI=1S/C15H12N2O3/c18-10-3-1-2-9(6-10)7-14(20)15-11-8-16-17-12(11)4-5-13(15)19/h1-6,8,18-19H,7H2,(H,16,17). The van der Waals surface area contributed by atoms with Crippen molar-refractivity contribution in [3.8, 4) is 11.5 Å². The van der Waals surface area contributed by atoms with Gasteiger partial charge in [-0.2, -0.15) is 5.10 Å². The molecule has 2 aromatic carbocycles. The number of nitrogens with zero attached hydrogens (tertiary/aromatic N) is 1. The summed E-state index contributed by atoms with van der Waals surface area (Å²) in [6, 6.07) is 9.61. The van der Waals surface area contributed by atoms with E-state index in [9.17, 15) is 15.0 Å². The largest absolute Gasteiger partial charge is 0.508 e. The number of benzene rings is 2. The molecule has 0 aliphatic heterocycles. The number of hydrogen-bond acceptors (Lipinski definition) is 4. The molecule has 0 unspecified atom stereocenters. The first kappa shape index (κ1) is 12.2. The molecule has 0 bridgehead atoms. The van der Waals surface area contributed by atoms with Gasteiger partial charge in [-0.25, -0.2) is 0 Å². The number of carbonyl (C=O) groups excluding carboxylic acids is 1. The van der Waals surface area contributed by atoms with Crippen LogP contribution in [0.1, 0.15) is 15.9 Å². The van der Waals surface area contributed by atoms with Crippen LogP contribution in [-0.4, -0.2) is 26.2 Å². The molecular formula is C15H12N2O3. The maximum atomic E-state index is 12.4. The van der Waals surface area contributed by atoms with Gasteiger partial charge in [0.15, 0.2) is 5.78 Å². The van der Waals surface area contributed by atoms with Crippen LogP contribution in [0.5, 0.6) is 11.5 Å². The van der Waals surface area contributed by atoms with Gasteiger partial charge < -0.3 is 10.2 Å². The van der Waals surface area contributed by atoms with E-state index in [1.807, 2.05) is 0 Å². The molecule has 3 N–H and O–H groups in total. The molecule has 0 atom stereocenters. The van der Waals surface area contributed by atoms with Gasteiger partial charge in [0.1, 0.15) is 11.5 Å². The van der Waals surface area contributed by atoms with E-state index in [4.69, 9.17) is 0 Å². The third kappa shape index (κ3) is 2.09. The smallest absolute Gasteiger partial charge is 0.171 e. The van der Waals surface area contributed by atoms with Crippen LogP contribution >= 0.6 is 0 Å². The highest BCUT2D eigenvalue weighted by Crippen LogP contribution is 2.27. The van der Waals surface area contributed by atoms with Crippen molar-refractivity contribution in [3.05, 3.63) is 53.7 Å². The summed E-state index contributed by atoms with van der Waals surface area (Å²) >= 11 is 0. The van der Waals surface area contributed by atoms with E-state index < -0.39 is 0 Å². The zero-order valence-electron chi connectivity index (χ0n) is 10.5. The van der Waals surface area contributed by atoms with E-state index in [0.29, 0.717) is 16.5 Å². The van der Waals surface area contributed by atoms with Crippen LogP contribution in [0.3, 0.4) is 0 Å². The van der Waals surface area contributed by atoms with Crippen molar-refractivity contribution in [2.45, 2.75) is 6.42 Å². The lowest BCUT2D eigenvalue weighted by Gasteiger charge is -2.05. The topological polar surface area (TPSA) is 86.2 Å². The predicted octanol–water partition coefficient (Wildman–Crippen LogP) is 2.40. The first-order valence-electron chi connectivity index (χ1n) is 6.12. The fraction of sp³-hybridized carbons (Fsp3) is 0.0667. The van der Waals surface area contributed by atoms with Gasteiger partial charge in [0.2, 0.25) is 0 Å². The second kappa shape index (κ2) is 4.70. The van der Waals surface area contributed by atoms with Gasteiger partial charge in [0.05, 0.1) is 11.1 Å². The summed E-state index contributed by atoms with van der Waals surface area (Å²) < 4.78 is 0. The molecule has 0 amide bonds. The molecule has 0 saturated heterocycles. The van der Waals surface area contributed by atoms with Gasteiger partial charge in [-0.1, -0.05) is 12.1 Å². The number of aromatic hydroxyl groups is 2. The van der Waals surface area contributed by atoms with Crippen LogP contribution in [0, 0.1) is 0 Å². The van der Waals surface area contributed by atoms with E-state index >= 15 is 0 Å². The van der Waals surface area contributed by atoms with Gasteiger partial charge in [-0.05, 0) is 29.8 Å². The van der Waals surface area contributed by atoms with E-state index in [0.717, 1.165) is 0 Å². The van der Waals surface area contributed by atoms with Gasteiger partial charge in [-0.3, -0.25) is 9.89 Å². The van der Waals surface area contributed by atoms with E-state index in [2.05, 4.69) is 10.2 Å². The predicted molar refractivity (Wildman–Crippen MR) is 73.9 cm³/mol. The van der Waals surface area contributed by atoms with Crippen molar-refractivity contribution in [2.75, 3.05) is 0 Å². The maximum absolute atomic E-state index is 12.4. The summed E-state index contributed by atoms with van der Waals surface area (Å²) in [4.78, 5) is 12.4. The minimum Gasteiger partial charge on any atom is -0.508 e. The molecule has 0 fully saturated rings. The number of H-pyrrole nitrogens is 1. The van der Waals surface area contributed by atoms with Crippen molar-refractivity contribution in [1.29, 1.82) is 0 Å². The summed E-state index contributed by atoms with van der Waals surface area (Å²) in [7, 11) is 0. The molecule has 3 aromatic rings. The van der Waals surface area contributed by atoms with E-state index in [1.54, 1.807) is 30.5 Å². The Morgan fingerprint density at radius 1 is 1.20 bits per heavy atom. The minimum atomic E-state index is -0.222. The zero-order valence-corrected chi connectivity index (χ0v) is 10.5. The Labute approximate surface area is 114 Å². The number of rotatable bonds is 3. The number of carbonyl (C=O) groups is 1. The normalized spacial score (nSPS) is 10.8. The number of hydrogen-bond donors (Lipinski definition) is 3. The molecule has 0 spiro atoms. The number of Topliss-reactive ketones (excluding diaryl/α,β-unsaturated/α-hetero) is 1. The molecule has 20 heavy (non-hydrogen) atoms. The summed E-state index contributed by atoms with van der Waals surface area (Å²) in [6.07, 6.45) is 1.69. The average molecular weight is 268 g/mol. The second-order valence-electron chi connectivity index (χ2n) is 4.55. The summed E-state index contributed by atoms with van der Waals surface area (Å²) in [6.45, 7) is 0. The molecule has 1 heterocycles. The molecule has 0 saturated carbocycles. The average Bonchev–Trinajstić information content (AvgIpc) is 2.86. The second-order valence-corrected chi connectivity index (χ2v) is 4.55. The van der Waals surface area contributed by atoms with Crippen molar-refractivity contribution >= 4 is 16.7 Å². The fourth-order valence-electron chi connectivity index (χ4n) is 2.24. The monoisotopic (exact) mass is 268 g/mol. The Hall–Kier alpha value is -2.82. The first-order valence-corrected chi connectivity index (χ1v) is 6.12. The zero-order chi connectivity index (χ0) is 14.1. The SMILES string of the molecule is O=C(Cc1cccc(O)c1)c1c(O)ccc2n[nH]cc12. The maximum Gasteiger partial charge on any atom is 0.171 e. The molecule has 0 radical (unpaired) electrons. The molecule has 1 aromatic heterocycles. The summed E-state index contributed by atoms with van der Waals surface area (Å²) in [5, 5.41) is 26.6. The molecule has 5 heteroatoms. The highest BCUT2D eigenvalue weighted by atomic mass is 16.3. The van der Waals surface area contributed by atoms with Gasteiger partial charge in [0.25, 0.3) is 0 Å². The Morgan fingerprint density at radius 3 is 2.85 bits per heavy atom. The quantitative estimate of drug-likeness (QED) is 0.637. The molecule has 0 aliphatic rings. The Kier molecular flexibility index (Phi) is 2.87. The number of phenolic OH excluding ortho intramolecular Hbond substituents is 2. The number of aromatic nitrogens is 2. The van der Waals surface area contributed by atoms with Crippen molar-refractivity contribution in [1.82, 2.24) is 10.2 Å². The van der Waals surface area contributed by atoms with Crippen LogP contribution in [0.4, 0.5) is 0 Å². The van der Waals surface area contributed by atoms with Crippen molar-refractivity contribution < 1.29 is 15.0 Å². The van der Waals surface area contributed by atoms with Crippen LogP contribution in [0.2, 0.25) is 0 Å². The highest BCUT2D eigenvalue weighted by molar-refractivity contribution is 6.10. The Balaban J connectivity index is 2.00. The van der Waals surface area contributed by atoms with Crippen LogP contribution in [0.25, 0.3) is 10.9 Å². The summed E-state index contributed by atoms with van der Waals surface area (Å²) in [5.74, 6) is -0.176. The number of nitrogens with one attached hydrogen (secondary N) is 1. The van der Waals surface area contributed by atoms with E-state index in [-0.39, 0.29) is 29.3 Å². The minimum absolute atomic E-state index is 0.0657. The van der Waals surface area contributed by atoms with Crippen LogP contribution in [0.15, 0.2) is 42.6 Å². The van der Waals surface area contributed by atoms with Crippen molar-refractivity contribution in [3.63, 3.8) is 0 Å². The molecular weight excluding hydrogens is 256 g/mol. The lowest BCUT2D eigenvalue weighted by molar-refractivity contribution is 0.0992. The Morgan fingerprint density at radius 2 is 2.05 bits per heavy atom. The van der Waals surface area contributed by atoms with Crippen molar-refractivity contribution in [2.24, 2.45) is 0 Å². The van der Waals surface area contributed by atoms with Gasteiger partial charge >= 0.3 is 0 Å². The molecule has 3 rings (SSSR count). The molecule has 100 valence electrons. The van der Waals surface area contributed by atoms with Gasteiger partial charge in [-0.15, -0.1) is 0 Å². The Bertz CT molecular complexity index is 793. The number of aromatic amines is 1. The van der Waals surface area contributed by atoms with Crippen LogP contribution in [-0.2, 0) is 6.42 Å². The lowest BCUT2D eigenvalue weighted by atomic mass is 9.99. The number of phenols is 2. The van der Waals surface area contributed by atoms with E-state index in [1.165, 1.54) is 12.1 Å².